The summed E-state index contributed by atoms with van der Waals surface area (Å²) in [7, 11) is 0. The molecule has 1 rings (SSSR count). The van der Waals surface area contributed by atoms with Crippen molar-refractivity contribution in [3.05, 3.63) is 30.1 Å². The van der Waals surface area contributed by atoms with Crippen molar-refractivity contribution < 1.29 is 14.6 Å². The Morgan fingerprint density at radius 2 is 2.38 bits per heavy atom. The Kier molecular flexibility index (Phi) is 3.94. The molecule has 1 aromatic heterocycles. The van der Waals surface area contributed by atoms with Crippen LogP contribution in [0.3, 0.4) is 0 Å². The predicted octanol–water partition coefficient (Wildman–Crippen LogP) is 2.50. The molecule has 0 radical (unpaired) electrons. The standard InChI is InChI=1S/C12H15NO3/c1-4-7-10-11(14)9(8-13(10)5-2)12(15)16-6-3/h4-5,7-8,14H,2,6H2,1,3H3/b7-4-. The van der Waals surface area contributed by atoms with Gasteiger partial charge in [0, 0.05) is 12.4 Å². The Hall–Kier alpha value is -1.97. The minimum absolute atomic E-state index is 0.0866. The van der Waals surface area contributed by atoms with Gasteiger partial charge in [-0.1, -0.05) is 12.7 Å². The third-order valence-electron chi connectivity index (χ3n) is 2.06. The Morgan fingerprint density at radius 3 is 2.88 bits per heavy atom. The molecule has 0 unspecified atom stereocenters. The second-order valence-corrected chi connectivity index (χ2v) is 3.09. The number of aromatic nitrogens is 1. The average Bonchev–Trinajstić information content (AvgIpc) is 2.57. The molecule has 1 N–H and O–H groups in total. The van der Waals surface area contributed by atoms with Crippen molar-refractivity contribution in [3.63, 3.8) is 0 Å². The Balaban J connectivity index is 3.22. The molecule has 0 saturated heterocycles. The number of carbonyl (C=O) groups is 1. The molecule has 1 aromatic rings. The van der Waals surface area contributed by atoms with Gasteiger partial charge in [-0.15, -0.1) is 0 Å². The van der Waals surface area contributed by atoms with Crippen molar-refractivity contribution >= 4 is 18.2 Å². The Morgan fingerprint density at radius 1 is 1.69 bits per heavy atom. The van der Waals surface area contributed by atoms with Crippen LogP contribution < -0.4 is 0 Å². The lowest BCUT2D eigenvalue weighted by atomic mass is 10.2. The topological polar surface area (TPSA) is 51.5 Å². The molecule has 4 heteroatoms. The van der Waals surface area contributed by atoms with Crippen LogP contribution in [0.25, 0.3) is 12.3 Å². The number of hydrogen-bond donors (Lipinski definition) is 1. The minimum Gasteiger partial charge on any atom is -0.505 e. The number of nitrogens with zero attached hydrogens (tertiary/aromatic N) is 1. The van der Waals surface area contributed by atoms with Crippen molar-refractivity contribution in [1.82, 2.24) is 4.57 Å². The highest BCUT2D eigenvalue weighted by Crippen LogP contribution is 2.27. The second kappa shape index (κ2) is 5.21. The molecule has 4 nitrogen and oxygen atoms in total. The molecule has 1 heterocycles. The van der Waals surface area contributed by atoms with Crippen molar-refractivity contribution in [2.75, 3.05) is 6.61 Å². The number of allylic oxidation sites excluding steroid dienone is 1. The maximum absolute atomic E-state index is 11.5. The number of carbonyl (C=O) groups excluding carboxylic acids is 1. The molecule has 0 aliphatic rings. The molecule has 0 aromatic carbocycles. The molecule has 0 amide bonds. The molecule has 16 heavy (non-hydrogen) atoms. The van der Waals surface area contributed by atoms with Gasteiger partial charge >= 0.3 is 5.97 Å². The lowest BCUT2D eigenvalue weighted by Crippen LogP contribution is -2.03. The monoisotopic (exact) mass is 221 g/mol. The quantitative estimate of drug-likeness (QED) is 0.795. The SMILES string of the molecule is C=Cn1cc(C(=O)OCC)c(O)c1/C=C\C. The first kappa shape index (κ1) is 12.1. The lowest BCUT2D eigenvalue weighted by Gasteiger charge is -1.99. The fourth-order valence-electron chi connectivity index (χ4n) is 1.36. The Labute approximate surface area is 94.5 Å². The van der Waals surface area contributed by atoms with E-state index in [0.29, 0.717) is 5.69 Å². The van der Waals surface area contributed by atoms with Gasteiger partial charge in [0.25, 0.3) is 0 Å². The van der Waals surface area contributed by atoms with Crippen LogP contribution in [0.5, 0.6) is 5.75 Å². The summed E-state index contributed by atoms with van der Waals surface area (Å²) >= 11 is 0. The zero-order valence-electron chi connectivity index (χ0n) is 9.43. The molecule has 0 aliphatic carbocycles. The summed E-state index contributed by atoms with van der Waals surface area (Å²) in [6.45, 7) is 7.41. The largest absolute Gasteiger partial charge is 0.505 e. The number of hydrogen-bond acceptors (Lipinski definition) is 3. The highest BCUT2D eigenvalue weighted by Gasteiger charge is 2.18. The summed E-state index contributed by atoms with van der Waals surface area (Å²) < 4.78 is 6.40. The molecular weight excluding hydrogens is 206 g/mol. The average molecular weight is 221 g/mol. The Bertz CT molecular complexity index is 430. The highest BCUT2D eigenvalue weighted by atomic mass is 16.5. The molecule has 0 bridgehead atoms. The van der Waals surface area contributed by atoms with Gasteiger partial charge < -0.3 is 14.4 Å². The van der Waals surface area contributed by atoms with E-state index in [2.05, 4.69) is 6.58 Å². The van der Waals surface area contributed by atoms with E-state index in [1.165, 1.54) is 12.4 Å². The normalized spacial score (nSPS) is 10.6. The van der Waals surface area contributed by atoms with Crippen LogP contribution in [0.4, 0.5) is 0 Å². The van der Waals surface area contributed by atoms with E-state index in [1.807, 2.05) is 6.92 Å². The zero-order chi connectivity index (χ0) is 12.1. The summed E-state index contributed by atoms with van der Waals surface area (Å²) in [5, 5.41) is 9.85. The first-order valence-corrected chi connectivity index (χ1v) is 5.01. The van der Waals surface area contributed by atoms with Gasteiger partial charge in [0.05, 0.1) is 12.3 Å². The molecule has 0 atom stereocenters. The van der Waals surface area contributed by atoms with Crippen LogP contribution >= 0.6 is 0 Å². The molecule has 0 aliphatic heterocycles. The third kappa shape index (κ3) is 2.16. The highest BCUT2D eigenvalue weighted by molar-refractivity contribution is 5.94. The van der Waals surface area contributed by atoms with Crippen molar-refractivity contribution in [2.45, 2.75) is 13.8 Å². The summed E-state index contributed by atoms with van der Waals surface area (Å²) in [6.07, 6.45) is 6.47. The molecule has 0 saturated carbocycles. The summed E-state index contributed by atoms with van der Waals surface area (Å²) in [5.41, 5.74) is 0.662. The van der Waals surface area contributed by atoms with Gasteiger partial charge in [-0.25, -0.2) is 4.79 Å². The maximum Gasteiger partial charge on any atom is 0.343 e. The minimum atomic E-state index is -0.536. The van der Waals surface area contributed by atoms with Gasteiger partial charge in [0.1, 0.15) is 5.56 Å². The van der Waals surface area contributed by atoms with Crippen LogP contribution in [-0.4, -0.2) is 22.2 Å². The number of esters is 1. The van der Waals surface area contributed by atoms with E-state index in [1.54, 1.807) is 23.6 Å². The number of ether oxygens (including phenoxy) is 1. The fraction of sp³-hybridized carbons (Fsp3) is 0.250. The second-order valence-electron chi connectivity index (χ2n) is 3.09. The molecule has 86 valence electrons. The molecular formula is C12H15NO3. The van der Waals surface area contributed by atoms with Crippen molar-refractivity contribution in [2.24, 2.45) is 0 Å². The van der Waals surface area contributed by atoms with E-state index < -0.39 is 5.97 Å². The smallest absolute Gasteiger partial charge is 0.343 e. The zero-order valence-corrected chi connectivity index (χ0v) is 9.43. The number of aromatic hydroxyl groups is 1. The van der Waals surface area contributed by atoms with E-state index in [0.717, 1.165) is 0 Å². The van der Waals surface area contributed by atoms with Gasteiger partial charge in [0.15, 0.2) is 5.75 Å². The number of rotatable bonds is 4. The van der Waals surface area contributed by atoms with Crippen molar-refractivity contribution in [1.29, 1.82) is 0 Å². The first-order chi connectivity index (χ1) is 7.65. The van der Waals surface area contributed by atoms with Gasteiger partial charge in [0.2, 0.25) is 0 Å². The summed E-state index contributed by atoms with van der Waals surface area (Å²) in [6, 6.07) is 0. The van der Waals surface area contributed by atoms with Crippen LogP contribution in [0.15, 0.2) is 18.9 Å². The fourth-order valence-corrected chi connectivity index (χ4v) is 1.36. The summed E-state index contributed by atoms with van der Waals surface area (Å²) in [5.74, 6) is -0.622. The van der Waals surface area contributed by atoms with Gasteiger partial charge in [-0.3, -0.25) is 0 Å². The summed E-state index contributed by atoms with van der Waals surface area (Å²) in [4.78, 5) is 11.5. The van der Waals surface area contributed by atoms with E-state index in [9.17, 15) is 9.90 Å². The van der Waals surface area contributed by atoms with Gasteiger partial charge in [-0.05, 0) is 19.9 Å². The van der Waals surface area contributed by atoms with E-state index in [4.69, 9.17) is 4.74 Å². The van der Waals surface area contributed by atoms with E-state index in [-0.39, 0.29) is 17.9 Å². The molecule has 0 fully saturated rings. The van der Waals surface area contributed by atoms with Crippen LogP contribution in [0.2, 0.25) is 0 Å². The van der Waals surface area contributed by atoms with Crippen LogP contribution in [0, 0.1) is 0 Å². The van der Waals surface area contributed by atoms with Crippen LogP contribution in [0.1, 0.15) is 29.9 Å². The van der Waals surface area contributed by atoms with E-state index >= 15 is 0 Å². The first-order valence-electron chi connectivity index (χ1n) is 5.01. The third-order valence-corrected chi connectivity index (χ3v) is 2.06. The van der Waals surface area contributed by atoms with Gasteiger partial charge in [-0.2, -0.15) is 0 Å². The lowest BCUT2D eigenvalue weighted by molar-refractivity contribution is 0.0523. The van der Waals surface area contributed by atoms with Crippen LogP contribution in [-0.2, 0) is 4.74 Å². The molecule has 0 spiro atoms. The predicted molar refractivity (Wildman–Crippen MR) is 63.1 cm³/mol. The maximum atomic E-state index is 11.5. The van der Waals surface area contributed by atoms with Crippen molar-refractivity contribution in [3.8, 4) is 5.75 Å².